The summed E-state index contributed by atoms with van der Waals surface area (Å²) in [5.74, 6) is 0. The van der Waals surface area contributed by atoms with Gasteiger partial charge in [0.25, 0.3) is 0 Å². The van der Waals surface area contributed by atoms with Gasteiger partial charge >= 0.3 is 6.18 Å². The molecule has 0 bridgehead atoms. The molecule has 1 fully saturated rings. The Morgan fingerprint density at radius 1 is 1.00 bits per heavy atom. The molecule has 1 N–H and O–H groups in total. The van der Waals surface area contributed by atoms with Crippen molar-refractivity contribution in [1.82, 2.24) is 9.62 Å². The number of nitrogens with zero attached hydrogens (tertiary/aromatic N) is 1. The van der Waals surface area contributed by atoms with Crippen molar-refractivity contribution in [3.63, 3.8) is 0 Å². The van der Waals surface area contributed by atoms with Gasteiger partial charge in [-0.05, 0) is 29.8 Å². The van der Waals surface area contributed by atoms with Crippen LogP contribution in [0, 0.1) is 0 Å². The van der Waals surface area contributed by atoms with E-state index in [0.717, 1.165) is 29.8 Å². The molecule has 0 radical (unpaired) electrons. The van der Waals surface area contributed by atoms with Gasteiger partial charge < -0.3 is 4.74 Å². The van der Waals surface area contributed by atoms with E-state index in [1.165, 1.54) is 0 Å². The SMILES string of the molecule is O=S(=O)(NC(CN1CCOCC1)c1ccccc1)c1ccc(C(F)(F)F)cc1. The zero-order valence-corrected chi connectivity index (χ0v) is 15.8. The molecule has 1 heterocycles. The summed E-state index contributed by atoms with van der Waals surface area (Å²) < 4.78 is 71.7. The monoisotopic (exact) mass is 414 g/mol. The molecule has 1 aliphatic rings. The average molecular weight is 414 g/mol. The summed E-state index contributed by atoms with van der Waals surface area (Å²) in [6.45, 7) is 2.96. The lowest BCUT2D eigenvalue weighted by Crippen LogP contribution is -2.43. The van der Waals surface area contributed by atoms with Crippen LogP contribution >= 0.6 is 0 Å². The van der Waals surface area contributed by atoms with E-state index >= 15 is 0 Å². The van der Waals surface area contributed by atoms with Crippen molar-refractivity contribution in [2.24, 2.45) is 0 Å². The Bertz CT molecular complexity index is 866. The first-order chi connectivity index (χ1) is 13.3. The quantitative estimate of drug-likeness (QED) is 0.790. The molecule has 2 aromatic carbocycles. The first-order valence-electron chi connectivity index (χ1n) is 8.80. The van der Waals surface area contributed by atoms with Crippen LogP contribution in [0.1, 0.15) is 17.2 Å². The van der Waals surface area contributed by atoms with Crippen molar-refractivity contribution in [2.75, 3.05) is 32.8 Å². The molecule has 0 saturated carbocycles. The van der Waals surface area contributed by atoms with Gasteiger partial charge in [-0.15, -0.1) is 0 Å². The zero-order valence-electron chi connectivity index (χ0n) is 15.0. The molecular formula is C19H21F3N2O3S. The lowest BCUT2D eigenvalue weighted by Gasteiger charge is -2.31. The van der Waals surface area contributed by atoms with Gasteiger partial charge in [0.15, 0.2) is 0 Å². The van der Waals surface area contributed by atoms with Crippen LogP contribution in [0.25, 0.3) is 0 Å². The van der Waals surface area contributed by atoms with E-state index in [9.17, 15) is 21.6 Å². The van der Waals surface area contributed by atoms with Crippen LogP contribution in [0.5, 0.6) is 0 Å². The van der Waals surface area contributed by atoms with Gasteiger partial charge in [-0.3, -0.25) is 4.90 Å². The molecular weight excluding hydrogens is 393 g/mol. The summed E-state index contributed by atoms with van der Waals surface area (Å²) in [6.07, 6.45) is -4.52. The number of benzene rings is 2. The highest BCUT2D eigenvalue weighted by atomic mass is 32.2. The summed E-state index contributed by atoms with van der Waals surface area (Å²) in [5, 5.41) is 0. The standard InChI is InChI=1S/C19H21F3N2O3S/c20-19(21,22)16-6-8-17(9-7-16)28(25,26)23-18(15-4-2-1-3-5-15)14-24-10-12-27-13-11-24/h1-9,18,23H,10-14H2. The smallest absolute Gasteiger partial charge is 0.379 e. The van der Waals surface area contributed by atoms with Gasteiger partial charge in [-0.25, -0.2) is 13.1 Å². The van der Waals surface area contributed by atoms with E-state index < -0.39 is 27.8 Å². The molecule has 5 nitrogen and oxygen atoms in total. The molecule has 1 unspecified atom stereocenters. The van der Waals surface area contributed by atoms with Crippen molar-refractivity contribution in [1.29, 1.82) is 0 Å². The van der Waals surface area contributed by atoms with E-state index in [2.05, 4.69) is 9.62 Å². The van der Waals surface area contributed by atoms with E-state index in [0.29, 0.717) is 32.8 Å². The topological polar surface area (TPSA) is 58.6 Å². The third-order valence-corrected chi connectivity index (χ3v) is 6.02. The largest absolute Gasteiger partial charge is 0.416 e. The molecule has 1 saturated heterocycles. The van der Waals surface area contributed by atoms with Gasteiger partial charge in [0.05, 0.1) is 29.7 Å². The van der Waals surface area contributed by atoms with Crippen molar-refractivity contribution in [3.05, 3.63) is 65.7 Å². The third-order valence-electron chi connectivity index (χ3n) is 4.54. The van der Waals surface area contributed by atoms with Gasteiger partial charge in [0.1, 0.15) is 0 Å². The first kappa shape index (κ1) is 20.8. The Kier molecular flexibility index (Phi) is 6.39. The van der Waals surface area contributed by atoms with Gasteiger partial charge in [-0.1, -0.05) is 30.3 Å². The van der Waals surface area contributed by atoms with Crippen LogP contribution in [-0.4, -0.2) is 46.2 Å². The summed E-state index contributed by atoms with van der Waals surface area (Å²) in [6, 6.07) is 12.1. The minimum Gasteiger partial charge on any atom is -0.379 e. The predicted molar refractivity (Wildman–Crippen MR) is 98.2 cm³/mol. The summed E-state index contributed by atoms with van der Waals surface area (Å²) in [7, 11) is -4.00. The van der Waals surface area contributed by atoms with Crippen molar-refractivity contribution < 1.29 is 26.3 Å². The molecule has 3 rings (SSSR count). The highest BCUT2D eigenvalue weighted by Crippen LogP contribution is 2.30. The number of alkyl halides is 3. The van der Waals surface area contributed by atoms with E-state index in [1.807, 2.05) is 30.3 Å². The molecule has 9 heteroatoms. The molecule has 0 spiro atoms. The van der Waals surface area contributed by atoms with Crippen LogP contribution in [0.15, 0.2) is 59.5 Å². The number of sulfonamides is 1. The highest BCUT2D eigenvalue weighted by Gasteiger charge is 2.31. The number of hydrogen-bond donors (Lipinski definition) is 1. The number of hydrogen-bond acceptors (Lipinski definition) is 4. The minimum atomic E-state index is -4.52. The van der Waals surface area contributed by atoms with E-state index in [1.54, 1.807) is 0 Å². The summed E-state index contributed by atoms with van der Waals surface area (Å²) >= 11 is 0. The third kappa shape index (κ3) is 5.32. The van der Waals surface area contributed by atoms with Gasteiger partial charge in [-0.2, -0.15) is 13.2 Å². The maximum absolute atomic E-state index is 12.8. The summed E-state index contributed by atoms with van der Waals surface area (Å²) in [5.41, 5.74) is -0.108. The lowest BCUT2D eigenvalue weighted by atomic mass is 10.1. The molecule has 0 amide bonds. The maximum Gasteiger partial charge on any atom is 0.416 e. The van der Waals surface area contributed by atoms with Crippen LogP contribution in [0.3, 0.4) is 0 Å². The Labute approximate surface area is 162 Å². The maximum atomic E-state index is 12.8. The molecule has 2 aromatic rings. The Morgan fingerprint density at radius 2 is 1.61 bits per heavy atom. The molecule has 1 atom stereocenters. The summed E-state index contributed by atoms with van der Waals surface area (Å²) in [4.78, 5) is 1.89. The average Bonchev–Trinajstić information content (AvgIpc) is 2.68. The van der Waals surface area contributed by atoms with Crippen molar-refractivity contribution >= 4 is 10.0 Å². The Balaban J connectivity index is 1.82. The molecule has 0 aliphatic carbocycles. The Hall–Kier alpha value is -1.94. The van der Waals surface area contributed by atoms with Crippen LogP contribution in [0.4, 0.5) is 13.2 Å². The fourth-order valence-electron chi connectivity index (χ4n) is 3.02. The lowest BCUT2D eigenvalue weighted by molar-refractivity contribution is -0.137. The molecule has 28 heavy (non-hydrogen) atoms. The number of rotatable bonds is 6. The van der Waals surface area contributed by atoms with Crippen LogP contribution in [-0.2, 0) is 20.9 Å². The van der Waals surface area contributed by atoms with Gasteiger partial charge in [0.2, 0.25) is 10.0 Å². The van der Waals surface area contributed by atoms with Crippen LogP contribution < -0.4 is 4.72 Å². The normalized spacial score (nSPS) is 17.4. The first-order valence-corrected chi connectivity index (χ1v) is 10.3. The van der Waals surface area contributed by atoms with Crippen LogP contribution in [0.2, 0.25) is 0 Å². The Morgan fingerprint density at radius 3 is 2.18 bits per heavy atom. The van der Waals surface area contributed by atoms with Gasteiger partial charge in [0, 0.05) is 19.6 Å². The fourth-order valence-corrected chi connectivity index (χ4v) is 4.23. The minimum absolute atomic E-state index is 0.205. The van der Waals surface area contributed by atoms with Crippen molar-refractivity contribution in [3.8, 4) is 0 Å². The van der Waals surface area contributed by atoms with E-state index in [4.69, 9.17) is 4.74 Å². The van der Waals surface area contributed by atoms with E-state index in [-0.39, 0.29) is 4.90 Å². The zero-order chi connectivity index (χ0) is 20.2. The molecule has 0 aromatic heterocycles. The molecule has 1 aliphatic heterocycles. The number of halogens is 3. The highest BCUT2D eigenvalue weighted by molar-refractivity contribution is 7.89. The number of nitrogens with one attached hydrogen (secondary N) is 1. The second kappa shape index (κ2) is 8.60. The predicted octanol–water partition coefficient (Wildman–Crippen LogP) is 3.06. The van der Waals surface area contributed by atoms with Crippen molar-refractivity contribution in [2.45, 2.75) is 17.1 Å². The number of ether oxygens (including phenoxy) is 1. The second-order valence-electron chi connectivity index (χ2n) is 6.52. The second-order valence-corrected chi connectivity index (χ2v) is 8.23. The fraction of sp³-hybridized carbons (Fsp3) is 0.368. The molecule has 152 valence electrons. The number of morpholine rings is 1.